The lowest BCUT2D eigenvalue weighted by molar-refractivity contribution is 0.669. The summed E-state index contributed by atoms with van der Waals surface area (Å²) < 4.78 is 5.38. The standard InChI is InChI=1S/C9H10O/c1-6(2)8-5-7-3-4-9(8)10-7/h3-6H,1-2H3. The molecule has 2 rings (SSSR count). The summed E-state index contributed by atoms with van der Waals surface area (Å²) in [7, 11) is 0. The zero-order valence-corrected chi connectivity index (χ0v) is 6.22. The third-order valence-corrected chi connectivity index (χ3v) is 1.83. The van der Waals surface area contributed by atoms with E-state index in [4.69, 9.17) is 4.42 Å². The number of rotatable bonds is 1. The highest BCUT2D eigenvalue weighted by Crippen LogP contribution is 2.27. The number of hydrogen-bond donors (Lipinski definition) is 0. The highest BCUT2D eigenvalue weighted by molar-refractivity contribution is 5.66. The van der Waals surface area contributed by atoms with Crippen molar-refractivity contribution in [1.29, 1.82) is 0 Å². The van der Waals surface area contributed by atoms with Gasteiger partial charge in [-0.1, -0.05) is 13.8 Å². The summed E-state index contributed by atoms with van der Waals surface area (Å²) in [4.78, 5) is 0. The van der Waals surface area contributed by atoms with Crippen molar-refractivity contribution >= 4 is 11.2 Å². The minimum atomic E-state index is 0.581. The lowest BCUT2D eigenvalue weighted by Gasteiger charge is -1.98. The van der Waals surface area contributed by atoms with Gasteiger partial charge in [-0.05, 0) is 24.1 Å². The molecule has 0 unspecified atom stereocenters. The molecule has 0 saturated heterocycles. The maximum atomic E-state index is 5.38. The molecule has 2 aromatic heterocycles. The Morgan fingerprint density at radius 2 is 2.10 bits per heavy atom. The Bertz CT molecular complexity index is 319. The van der Waals surface area contributed by atoms with E-state index >= 15 is 0 Å². The summed E-state index contributed by atoms with van der Waals surface area (Å²) in [5.41, 5.74) is 3.38. The van der Waals surface area contributed by atoms with Crippen LogP contribution >= 0.6 is 0 Å². The van der Waals surface area contributed by atoms with Crippen LogP contribution in [-0.4, -0.2) is 0 Å². The van der Waals surface area contributed by atoms with Crippen molar-refractivity contribution in [3.63, 3.8) is 0 Å². The van der Waals surface area contributed by atoms with E-state index in [0.29, 0.717) is 5.92 Å². The molecule has 0 saturated carbocycles. The van der Waals surface area contributed by atoms with E-state index in [0.717, 1.165) is 11.2 Å². The van der Waals surface area contributed by atoms with Crippen LogP contribution in [0.25, 0.3) is 11.2 Å². The van der Waals surface area contributed by atoms with Gasteiger partial charge in [0, 0.05) is 5.56 Å². The van der Waals surface area contributed by atoms with Gasteiger partial charge in [-0.15, -0.1) is 0 Å². The van der Waals surface area contributed by atoms with Gasteiger partial charge in [0.2, 0.25) is 0 Å². The normalized spacial score (nSPS) is 11.9. The molecule has 2 aromatic rings. The maximum absolute atomic E-state index is 5.38. The predicted molar refractivity (Wildman–Crippen MR) is 41.5 cm³/mol. The fourth-order valence-corrected chi connectivity index (χ4v) is 1.26. The second kappa shape index (κ2) is 1.75. The summed E-state index contributed by atoms with van der Waals surface area (Å²) >= 11 is 0. The van der Waals surface area contributed by atoms with Crippen LogP contribution < -0.4 is 0 Å². The molecule has 2 heterocycles. The Kier molecular flexibility index (Phi) is 1.01. The zero-order valence-electron chi connectivity index (χ0n) is 6.22. The predicted octanol–water partition coefficient (Wildman–Crippen LogP) is 2.99. The third kappa shape index (κ3) is 0.635. The number of benzene rings is 1. The first kappa shape index (κ1) is 5.78. The molecule has 0 fully saturated rings. The van der Waals surface area contributed by atoms with Gasteiger partial charge in [-0.3, -0.25) is 0 Å². The van der Waals surface area contributed by atoms with Crippen LogP contribution in [0.5, 0.6) is 0 Å². The molecule has 0 N–H and O–H groups in total. The van der Waals surface area contributed by atoms with Crippen LogP contribution in [0.3, 0.4) is 0 Å². The monoisotopic (exact) mass is 134 g/mol. The van der Waals surface area contributed by atoms with E-state index in [-0.39, 0.29) is 0 Å². The Labute approximate surface area is 60.0 Å². The second-order valence-corrected chi connectivity index (χ2v) is 2.96. The van der Waals surface area contributed by atoms with Gasteiger partial charge in [0.05, 0.1) is 0 Å². The van der Waals surface area contributed by atoms with Crippen molar-refractivity contribution in [2.45, 2.75) is 19.8 Å². The number of furan rings is 2. The quantitative estimate of drug-likeness (QED) is 0.584. The van der Waals surface area contributed by atoms with Crippen molar-refractivity contribution in [3.8, 4) is 0 Å². The summed E-state index contributed by atoms with van der Waals surface area (Å²) in [5.74, 6) is 0.581. The zero-order chi connectivity index (χ0) is 7.14. The molecule has 0 aliphatic heterocycles. The van der Waals surface area contributed by atoms with E-state index in [2.05, 4.69) is 19.9 Å². The molecule has 0 spiro atoms. The molecule has 2 bridgehead atoms. The average molecular weight is 134 g/mol. The van der Waals surface area contributed by atoms with Gasteiger partial charge >= 0.3 is 0 Å². The third-order valence-electron chi connectivity index (χ3n) is 1.83. The maximum Gasteiger partial charge on any atom is 0.131 e. The van der Waals surface area contributed by atoms with Crippen molar-refractivity contribution < 1.29 is 4.42 Å². The molecule has 0 radical (unpaired) electrons. The molecule has 0 atom stereocenters. The van der Waals surface area contributed by atoms with E-state index in [1.54, 1.807) is 0 Å². The smallest absolute Gasteiger partial charge is 0.131 e. The molecule has 0 amide bonds. The average Bonchev–Trinajstić information content (AvgIpc) is 2.44. The van der Waals surface area contributed by atoms with Crippen molar-refractivity contribution in [2.24, 2.45) is 0 Å². The SMILES string of the molecule is CC(C)c1cc2ccc1o2. The van der Waals surface area contributed by atoms with Crippen LogP contribution in [-0.2, 0) is 0 Å². The minimum absolute atomic E-state index is 0.581. The molecule has 1 heteroatoms. The first-order valence-electron chi connectivity index (χ1n) is 3.59. The van der Waals surface area contributed by atoms with Crippen LogP contribution in [0, 0.1) is 0 Å². The lowest BCUT2D eigenvalue weighted by atomic mass is 10.0. The van der Waals surface area contributed by atoms with Gasteiger partial charge in [0.15, 0.2) is 0 Å². The topological polar surface area (TPSA) is 13.1 Å². The second-order valence-electron chi connectivity index (χ2n) is 2.96. The van der Waals surface area contributed by atoms with Gasteiger partial charge in [0.1, 0.15) is 11.2 Å². The Balaban J connectivity index is 2.62. The molecule has 1 nitrogen and oxygen atoms in total. The van der Waals surface area contributed by atoms with Crippen LogP contribution in [0.2, 0.25) is 0 Å². The molecule has 10 heavy (non-hydrogen) atoms. The summed E-state index contributed by atoms with van der Waals surface area (Å²) in [6.07, 6.45) is 0. The highest BCUT2D eigenvalue weighted by Gasteiger charge is 2.08. The van der Waals surface area contributed by atoms with E-state index in [1.165, 1.54) is 5.56 Å². The van der Waals surface area contributed by atoms with E-state index in [1.807, 2.05) is 12.1 Å². The van der Waals surface area contributed by atoms with E-state index in [9.17, 15) is 0 Å². The Morgan fingerprint density at radius 3 is 2.40 bits per heavy atom. The molecule has 52 valence electrons. The van der Waals surface area contributed by atoms with Crippen molar-refractivity contribution in [2.75, 3.05) is 0 Å². The molecular formula is C9H10O. The largest absolute Gasteiger partial charge is 0.457 e. The van der Waals surface area contributed by atoms with Gasteiger partial charge in [-0.2, -0.15) is 0 Å². The van der Waals surface area contributed by atoms with Crippen LogP contribution in [0.1, 0.15) is 25.3 Å². The van der Waals surface area contributed by atoms with Crippen LogP contribution in [0.4, 0.5) is 0 Å². The first-order valence-corrected chi connectivity index (χ1v) is 3.59. The first-order chi connectivity index (χ1) is 4.77. The fraction of sp³-hybridized carbons (Fsp3) is 0.333. The highest BCUT2D eigenvalue weighted by atomic mass is 16.3. The Morgan fingerprint density at radius 1 is 1.30 bits per heavy atom. The summed E-state index contributed by atoms with van der Waals surface area (Å²) in [6.45, 7) is 4.36. The molecular weight excluding hydrogens is 124 g/mol. The van der Waals surface area contributed by atoms with Crippen molar-refractivity contribution in [3.05, 3.63) is 23.8 Å². The van der Waals surface area contributed by atoms with Crippen molar-refractivity contribution in [1.82, 2.24) is 0 Å². The number of fused-ring (bicyclic) bond motifs is 2. The molecule has 0 aliphatic carbocycles. The van der Waals surface area contributed by atoms with E-state index < -0.39 is 0 Å². The van der Waals surface area contributed by atoms with Crippen LogP contribution in [0.15, 0.2) is 22.6 Å². The molecule has 0 aromatic carbocycles. The fourth-order valence-electron chi connectivity index (χ4n) is 1.26. The van der Waals surface area contributed by atoms with Gasteiger partial charge in [-0.25, -0.2) is 0 Å². The summed E-state index contributed by atoms with van der Waals surface area (Å²) in [5, 5.41) is 0. The summed E-state index contributed by atoms with van der Waals surface area (Å²) in [6, 6.07) is 6.14. The molecule has 0 aliphatic rings. The number of hydrogen-bond acceptors (Lipinski definition) is 1. The van der Waals surface area contributed by atoms with Gasteiger partial charge in [0.25, 0.3) is 0 Å². The lowest BCUT2D eigenvalue weighted by Crippen LogP contribution is -1.82. The van der Waals surface area contributed by atoms with Gasteiger partial charge < -0.3 is 4.42 Å². The minimum Gasteiger partial charge on any atom is -0.457 e. The Hall–Kier alpha value is -0.980.